The average Bonchev–Trinajstić information content (AvgIpc) is 2.87. The first-order valence-electron chi connectivity index (χ1n) is 7.45. The van der Waals surface area contributed by atoms with Crippen molar-refractivity contribution >= 4 is 28.2 Å². The molecule has 1 saturated carbocycles. The van der Waals surface area contributed by atoms with Gasteiger partial charge in [0.25, 0.3) is 5.91 Å². The number of aromatic nitrogens is 1. The summed E-state index contributed by atoms with van der Waals surface area (Å²) in [5.41, 5.74) is 5.84. The zero-order chi connectivity index (χ0) is 15.4. The molecular weight excluding hydrogens is 288 g/mol. The molecule has 0 saturated heterocycles. The van der Waals surface area contributed by atoms with E-state index in [0.29, 0.717) is 23.2 Å². The summed E-state index contributed by atoms with van der Waals surface area (Å²) >= 11 is 1.33. The van der Waals surface area contributed by atoms with Crippen molar-refractivity contribution < 1.29 is 9.90 Å². The van der Waals surface area contributed by atoms with Crippen LogP contribution in [0.1, 0.15) is 42.3 Å². The monoisotopic (exact) mass is 312 g/mol. The highest BCUT2D eigenvalue weighted by molar-refractivity contribution is 7.18. The number of carbonyl (C=O) groups is 1. The molecule has 1 aromatic rings. The minimum Gasteiger partial charge on any atom is -0.393 e. The molecule has 0 unspecified atom stereocenters. The molecule has 118 valence electrons. The number of thiazole rings is 1. The summed E-state index contributed by atoms with van der Waals surface area (Å²) in [6, 6.07) is 0. The standard InChI is InChI=1S/C14H24N4O2S/c1-3-18(2)14-17-12(15)11(21-14)13(20)16-8-9-4-6-10(19)7-5-9/h9-10,19H,3-8,15H2,1-2H3,(H,16,20). The normalized spacial score (nSPS) is 22.0. The molecule has 4 N–H and O–H groups in total. The van der Waals surface area contributed by atoms with Crippen LogP contribution in [0, 0.1) is 5.92 Å². The number of nitrogens with two attached hydrogens (primary N) is 1. The summed E-state index contributed by atoms with van der Waals surface area (Å²) in [7, 11) is 1.92. The van der Waals surface area contributed by atoms with Gasteiger partial charge in [-0.25, -0.2) is 4.98 Å². The van der Waals surface area contributed by atoms with Crippen LogP contribution >= 0.6 is 11.3 Å². The summed E-state index contributed by atoms with van der Waals surface area (Å²) < 4.78 is 0. The van der Waals surface area contributed by atoms with Crippen LogP contribution in [0.3, 0.4) is 0 Å². The topological polar surface area (TPSA) is 91.5 Å². The third-order valence-corrected chi connectivity index (χ3v) is 5.20. The largest absolute Gasteiger partial charge is 0.393 e. The van der Waals surface area contributed by atoms with Crippen LogP contribution in [-0.4, -0.2) is 42.2 Å². The highest BCUT2D eigenvalue weighted by atomic mass is 32.1. The van der Waals surface area contributed by atoms with Crippen LogP contribution in [0.15, 0.2) is 0 Å². The molecule has 1 aliphatic carbocycles. The molecule has 0 bridgehead atoms. The van der Waals surface area contributed by atoms with Crippen LogP contribution in [-0.2, 0) is 0 Å². The van der Waals surface area contributed by atoms with Gasteiger partial charge in [-0.05, 0) is 38.5 Å². The van der Waals surface area contributed by atoms with Crippen LogP contribution in [0.5, 0.6) is 0 Å². The quantitative estimate of drug-likeness (QED) is 0.765. The van der Waals surface area contributed by atoms with Gasteiger partial charge in [0.15, 0.2) is 5.13 Å². The van der Waals surface area contributed by atoms with Crippen molar-refractivity contribution in [1.29, 1.82) is 0 Å². The molecule has 1 aromatic heterocycles. The van der Waals surface area contributed by atoms with Crippen molar-refractivity contribution in [2.24, 2.45) is 5.92 Å². The van der Waals surface area contributed by atoms with E-state index in [-0.39, 0.29) is 12.0 Å². The van der Waals surface area contributed by atoms with Gasteiger partial charge in [-0.15, -0.1) is 0 Å². The van der Waals surface area contributed by atoms with Crippen molar-refractivity contribution in [3.05, 3.63) is 4.88 Å². The van der Waals surface area contributed by atoms with Gasteiger partial charge in [0.2, 0.25) is 0 Å². The number of nitrogen functional groups attached to an aromatic ring is 1. The maximum absolute atomic E-state index is 12.2. The van der Waals surface area contributed by atoms with E-state index in [9.17, 15) is 9.90 Å². The first kappa shape index (κ1) is 16.0. The van der Waals surface area contributed by atoms with E-state index in [4.69, 9.17) is 5.73 Å². The summed E-state index contributed by atoms with van der Waals surface area (Å²) in [6.07, 6.45) is 3.41. The molecular formula is C14H24N4O2S. The van der Waals surface area contributed by atoms with E-state index in [2.05, 4.69) is 10.3 Å². The Bertz CT molecular complexity index is 483. The lowest BCUT2D eigenvalue weighted by Crippen LogP contribution is -2.32. The molecule has 21 heavy (non-hydrogen) atoms. The van der Waals surface area contributed by atoms with Crippen molar-refractivity contribution in [1.82, 2.24) is 10.3 Å². The molecule has 1 heterocycles. The lowest BCUT2D eigenvalue weighted by Gasteiger charge is -2.25. The van der Waals surface area contributed by atoms with Crippen LogP contribution < -0.4 is 16.0 Å². The summed E-state index contributed by atoms with van der Waals surface area (Å²) in [5, 5.41) is 13.2. The molecule has 2 rings (SSSR count). The third kappa shape index (κ3) is 4.07. The summed E-state index contributed by atoms with van der Waals surface area (Å²) in [4.78, 5) is 18.9. The third-order valence-electron chi connectivity index (χ3n) is 4.02. The highest BCUT2D eigenvalue weighted by Crippen LogP contribution is 2.28. The van der Waals surface area contributed by atoms with Gasteiger partial charge < -0.3 is 21.1 Å². The Labute approximate surface area is 129 Å². The molecule has 0 aliphatic heterocycles. The van der Waals surface area contributed by atoms with Crippen LogP contribution in [0.4, 0.5) is 10.9 Å². The van der Waals surface area contributed by atoms with Crippen LogP contribution in [0.2, 0.25) is 0 Å². The minimum atomic E-state index is -0.166. The number of carbonyl (C=O) groups excluding carboxylic acids is 1. The van der Waals surface area contributed by atoms with Crippen molar-refractivity contribution in [2.45, 2.75) is 38.7 Å². The fourth-order valence-corrected chi connectivity index (χ4v) is 3.37. The van der Waals surface area contributed by atoms with E-state index < -0.39 is 0 Å². The Kier molecular flexibility index (Phi) is 5.41. The lowest BCUT2D eigenvalue weighted by molar-refractivity contribution is 0.0914. The van der Waals surface area contributed by atoms with Gasteiger partial charge in [0.05, 0.1) is 6.10 Å². The number of anilines is 2. The van der Waals surface area contributed by atoms with Crippen LogP contribution in [0.25, 0.3) is 0 Å². The second-order valence-electron chi connectivity index (χ2n) is 5.61. The predicted molar refractivity (Wildman–Crippen MR) is 85.8 cm³/mol. The molecule has 0 spiro atoms. The maximum Gasteiger partial charge on any atom is 0.265 e. The van der Waals surface area contributed by atoms with Crippen molar-refractivity contribution in [3.63, 3.8) is 0 Å². The van der Waals surface area contributed by atoms with E-state index >= 15 is 0 Å². The number of aliphatic hydroxyl groups is 1. The second kappa shape index (κ2) is 7.09. The SMILES string of the molecule is CCN(C)c1nc(N)c(C(=O)NCC2CCC(O)CC2)s1. The Morgan fingerprint density at radius 2 is 2.14 bits per heavy atom. The molecule has 7 heteroatoms. The van der Waals surface area contributed by atoms with Gasteiger partial charge >= 0.3 is 0 Å². The van der Waals surface area contributed by atoms with Gasteiger partial charge in [-0.3, -0.25) is 4.79 Å². The van der Waals surface area contributed by atoms with Gasteiger partial charge in [0, 0.05) is 20.1 Å². The number of aliphatic hydroxyl groups excluding tert-OH is 1. The Balaban J connectivity index is 1.90. The number of amides is 1. The first-order chi connectivity index (χ1) is 10.0. The number of hydrogen-bond acceptors (Lipinski definition) is 6. The Morgan fingerprint density at radius 1 is 1.48 bits per heavy atom. The zero-order valence-corrected chi connectivity index (χ0v) is 13.4. The molecule has 0 aromatic carbocycles. The molecule has 1 amide bonds. The fraction of sp³-hybridized carbons (Fsp3) is 0.714. The van der Waals surface area contributed by atoms with E-state index in [0.717, 1.165) is 37.4 Å². The van der Waals surface area contributed by atoms with E-state index in [1.54, 1.807) is 0 Å². The van der Waals surface area contributed by atoms with E-state index in [1.807, 2.05) is 18.9 Å². The summed E-state index contributed by atoms with van der Waals surface area (Å²) in [5.74, 6) is 0.600. The smallest absolute Gasteiger partial charge is 0.265 e. The molecule has 1 fully saturated rings. The number of nitrogens with one attached hydrogen (secondary N) is 1. The summed E-state index contributed by atoms with van der Waals surface area (Å²) in [6.45, 7) is 3.48. The average molecular weight is 312 g/mol. The van der Waals surface area contributed by atoms with Gasteiger partial charge in [0.1, 0.15) is 10.7 Å². The molecule has 1 aliphatic rings. The number of hydrogen-bond donors (Lipinski definition) is 3. The Hall–Kier alpha value is -1.34. The Morgan fingerprint density at radius 3 is 2.76 bits per heavy atom. The molecule has 0 radical (unpaired) electrons. The molecule has 0 atom stereocenters. The number of nitrogens with zero attached hydrogens (tertiary/aromatic N) is 2. The fourth-order valence-electron chi connectivity index (χ4n) is 2.45. The zero-order valence-electron chi connectivity index (χ0n) is 12.6. The molecule has 6 nitrogen and oxygen atoms in total. The van der Waals surface area contributed by atoms with Crippen molar-refractivity contribution in [2.75, 3.05) is 30.8 Å². The van der Waals surface area contributed by atoms with Gasteiger partial charge in [-0.1, -0.05) is 11.3 Å². The second-order valence-corrected chi connectivity index (χ2v) is 6.59. The van der Waals surface area contributed by atoms with Gasteiger partial charge in [-0.2, -0.15) is 0 Å². The first-order valence-corrected chi connectivity index (χ1v) is 8.26. The lowest BCUT2D eigenvalue weighted by atomic mass is 9.87. The minimum absolute atomic E-state index is 0.146. The van der Waals surface area contributed by atoms with E-state index in [1.165, 1.54) is 11.3 Å². The predicted octanol–water partition coefficient (Wildman–Crippen LogP) is 1.46. The van der Waals surface area contributed by atoms with Crippen molar-refractivity contribution in [3.8, 4) is 0 Å². The highest BCUT2D eigenvalue weighted by Gasteiger charge is 2.22. The number of rotatable bonds is 5. The maximum atomic E-state index is 12.2.